The van der Waals surface area contributed by atoms with Crippen LogP contribution in [-0.4, -0.2) is 56.7 Å². The molecule has 3 aliphatic heterocycles. The number of anilines is 1. The summed E-state index contributed by atoms with van der Waals surface area (Å²) in [5.74, 6) is 1.10. The molecule has 1 aromatic rings. The summed E-state index contributed by atoms with van der Waals surface area (Å²) in [4.78, 5) is 2.38. The lowest BCUT2D eigenvalue weighted by atomic mass is 9.96. The van der Waals surface area contributed by atoms with Crippen LogP contribution in [0.25, 0.3) is 5.57 Å². The van der Waals surface area contributed by atoms with Gasteiger partial charge in [0.15, 0.2) is 0 Å². The van der Waals surface area contributed by atoms with E-state index >= 15 is 0 Å². The lowest BCUT2D eigenvalue weighted by Gasteiger charge is -2.37. The van der Waals surface area contributed by atoms with Crippen LogP contribution in [0.5, 0.6) is 5.75 Å². The van der Waals surface area contributed by atoms with Crippen molar-refractivity contribution in [3.8, 4) is 5.75 Å². The molecular formula is C22H35N5O. The van der Waals surface area contributed by atoms with E-state index in [1.807, 2.05) is 0 Å². The molecule has 3 atom stereocenters. The van der Waals surface area contributed by atoms with Gasteiger partial charge in [0, 0.05) is 35.8 Å². The number of allylic oxidation sites excluding steroid dienone is 1. The smallest absolute Gasteiger partial charge is 0.133 e. The van der Waals surface area contributed by atoms with Gasteiger partial charge in [-0.05, 0) is 64.0 Å². The summed E-state index contributed by atoms with van der Waals surface area (Å²) in [6.07, 6.45) is 7.15. The van der Waals surface area contributed by atoms with Crippen LogP contribution in [0.2, 0.25) is 0 Å². The van der Waals surface area contributed by atoms with Crippen LogP contribution in [0, 0.1) is 0 Å². The van der Waals surface area contributed by atoms with E-state index in [4.69, 9.17) is 4.74 Å². The molecule has 3 unspecified atom stereocenters. The number of nitrogens with zero attached hydrogens (tertiary/aromatic N) is 1. The second-order valence-electron chi connectivity index (χ2n) is 8.36. The number of rotatable bonds is 5. The van der Waals surface area contributed by atoms with E-state index in [2.05, 4.69) is 65.3 Å². The van der Waals surface area contributed by atoms with Crippen molar-refractivity contribution < 1.29 is 4.74 Å². The van der Waals surface area contributed by atoms with E-state index in [1.165, 1.54) is 23.1 Å². The molecule has 4 N–H and O–H groups in total. The molecule has 0 spiro atoms. The van der Waals surface area contributed by atoms with Gasteiger partial charge in [0.1, 0.15) is 12.0 Å². The lowest BCUT2D eigenvalue weighted by Crippen LogP contribution is -2.64. The molecule has 3 aliphatic rings. The van der Waals surface area contributed by atoms with Crippen molar-refractivity contribution in [3.05, 3.63) is 29.3 Å². The third-order valence-electron chi connectivity index (χ3n) is 5.93. The molecule has 154 valence electrons. The summed E-state index contributed by atoms with van der Waals surface area (Å²) in [7, 11) is 2.20. The maximum Gasteiger partial charge on any atom is 0.133 e. The maximum absolute atomic E-state index is 6.04. The van der Waals surface area contributed by atoms with Crippen molar-refractivity contribution in [2.45, 2.75) is 58.0 Å². The van der Waals surface area contributed by atoms with Gasteiger partial charge in [0.25, 0.3) is 0 Å². The minimum Gasteiger partial charge on any atom is -0.492 e. The molecule has 3 heterocycles. The SMILES string of the molecule is CCNC1CC(C)NC(Nc2cc3c(c(C4=CCN(C)CCC4)c2)OCC3)N1. The van der Waals surface area contributed by atoms with Gasteiger partial charge in [-0.15, -0.1) is 0 Å². The van der Waals surface area contributed by atoms with Gasteiger partial charge < -0.3 is 20.3 Å². The summed E-state index contributed by atoms with van der Waals surface area (Å²) >= 11 is 0. The van der Waals surface area contributed by atoms with Gasteiger partial charge in [0.2, 0.25) is 0 Å². The number of nitrogens with one attached hydrogen (secondary N) is 4. The van der Waals surface area contributed by atoms with Gasteiger partial charge in [-0.25, -0.2) is 0 Å². The molecule has 1 aromatic carbocycles. The van der Waals surface area contributed by atoms with Crippen LogP contribution in [0.3, 0.4) is 0 Å². The monoisotopic (exact) mass is 385 g/mol. The molecule has 0 aliphatic carbocycles. The third kappa shape index (κ3) is 4.51. The topological polar surface area (TPSA) is 60.6 Å². The molecule has 6 nitrogen and oxygen atoms in total. The van der Waals surface area contributed by atoms with Crippen LogP contribution >= 0.6 is 0 Å². The number of likely N-dealkylation sites (N-methyl/N-ethyl adjacent to an activating group) is 1. The Morgan fingerprint density at radius 2 is 2.14 bits per heavy atom. The van der Waals surface area contributed by atoms with Crippen LogP contribution in [0.15, 0.2) is 18.2 Å². The van der Waals surface area contributed by atoms with Crippen molar-refractivity contribution in [2.24, 2.45) is 0 Å². The standard InChI is InChI=1S/C22H35N5O/c1-4-23-20-12-15(2)24-22(26-20)25-18-13-17-8-11-28-21(17)19(14-18)16-6-5-9-27(3)10-7-16/h7,13-15,20,22-26H,4-6,8-12H2,1-3H3. The van der Waals surface area contributed by atoms with Gasteiger partial charge >= 0.3 is 0 Å². The largest absolute Gasteiger partial charge is 0.492 e. The number of hydrogen-bond donors (Lipinski definition) is 4. The predicted molar refractivity (Wildman–Crippen MR) is 116 cm³/mol. The molecule has 0 bridgehead atoms. The van der Waals surface area contributed by atoms with Crippen molar-refractivity contribution in [2.75, 3.05) is 38.6 Å². The van der Waals surface area contributed by atoms with E-state index in [-0.39, 0.29) is 6.29 Å². The minimum atomic E-state index is 0.0512. The van der Waals surface area contributed by atoms with E-state index in [9.17, 15) is 0 Å². The highest BCUT2D eigenvalue weighted by molar-refractivity contribution is 5.76. The fourth-order valence-electron chi connectivity index (χ4n) is 4.54. The first-order valence-corrected chi connectivity index (χ1v) is 10.8. The Bertz CT molecular complexity index is 719. The van der Waals surface area contributed by atoms with E-state index < -0.39 is 0 Å². The van der Waals surface area contributed by atoms with Crippen LogP contribution in [0.1, 0.15) is 44.2 Å². The normalized spacial score (nSPS) is 28.2. The zero-order valence-electron chi connectivity index (χ0n) is 17.5. The highest BCUT2D eigenvalue weighted by Gasteiger charge is 2.26. The number of hydrogen-bond acceptors (Lipinski definition) is 6. The molecule has 1 fully saturated rings. The third-order valence-corrected chi connectivity index (χ3v) is 5.93. The van der Waals surface area contributed by atoms with Crippen LogP contribution < -0.4 is 26.0 Å². The first-order valence-electron chi connectivity index (χ1n) is 10.8. The Morgan fingerprint density at radius 1 is 1.25 bits per heavy atom. The van der Waals surface area contributed by atoms with Gasteiger partial charge in [-0.3, -0.25) is 10.6 Å². The molecule has 28 heavy (non-hydrogen) atoms. The highest BCUT2D eigenvalue weighted by atomic mass is 16.5. The summed E-state index contributed by atoms with van der Waals surface area (Å²) in [6, 6.07) is 5.01. The van der Waals surface area contributed by atoms with Gasteiger partial charge in [-0.1, -0.05) is 13.0 Å². The highest BCUT2D eigenvalue weighted by Crippen LogP contribution is 2.39. The molecule has 6 heteroatoms. The van der Waals surface area contributed by atoms with E-state index in [1.54, 1.807) is 0 Å². The number of fused-ring (bicyclic) bond motifs is 1. The first kappa shape index (κ1) is 19.7. The maximum atomic E-state index is 6.04. The first-order chi connectivity index (χ1) is 13.6. The Morgan fingerprint density at radius 3 is 3.00 bits per heavy atom. The summed E-state index contributed by atoms with van der Waals surface area (Å²) < 4.78 is 6.04. The Kier molecular flexibility index (Phi) is 6.21. The zero-order valence-corrected chi connectivity index (χ0v) is 17.5. The van der Waals surface area contributed by atoms with Gasteiger partial charge in [0.05, 0.1) is 12.8 Å². The number of benzene rings is 1. The van der Waals surface area contributed by atoms with E-state index in [0.29, 0.717) is 12.2 Å². The predicted octanol–water partition coefficient (Wildman–Crippen LogP) is 2.33. The Hall–Kier alpha value is -1.60. The Balaban J connectivity index is 1.57. The molecule has 4 rings (SSSR count). The average Bonchev–Trinajstić information content (AvgIpc) is 3.02. The second kappa shape index (κ2) is 8.82. The van der Waals surface area contributed by atoms with Gasteiger partial charge in [-0.2, -0.15) is 0 Å². The molecule has 0 amide bonds. The van der Waals surface area contributed by atoms with Crippen LogP contribution in [-0.2, 0) is 6.42 Å². The molecule has 1 saturated heterocycles. The molecule has 0 aromatic heterocycles. The fourth-order valence-corrected chi connectivity index (χ4v) is 4.54. The van der Waals surface area contributed by atoms with Crippen molar-refractivity contribution in [1.82, 2.24) is 20.9 Å². The van der Waals surface area contributed by atoms with Crippen LogP contribution in [0.4, 0.5) is 5.69 Å². The summed E-state index contributed by atoms with van der Waals surface area (Å²) in [5.41, 5.74) is 5.19. The minimum absolute atomic E-state index is 0.0512. The second-order valence-corrected chi connectivity index (χ2v) is 8.36. The fraction of sp³-hybridized carbons (Fsp3) is 0.636. The molecular weight excluding hydrogens is 350 g/mol. The average molecular weight is 386 g/mol. The van der Waals surface area contributed by atoms with Crippen molar-refractivity contribution in [3.63, 3.8) is 0 Å². The zero-order chi connectivity index (χ0) is 19.5. The Labute approximate surface area is 169 Å². The van der Waals surface area contributed by atoms with E-state index in [0.717, 1.165) is 56.9 Å². The molecule has 0 saturated carbocycles. The quantitative estimate of drug-likeness (QED) is 0.624. The summed E-state index contributed by atoms with van der Waals surface area (Å²) in [6.45, 7) is 8.32. The lowest BCUT2D eigenvalue weighted by molar-refractivity contribution is 0.242. The molecule has 0 radical (unpaired) electrons. The number of ether oxygens (including phenoxy) is 1. The van der Waals surface area contributed by atoms with Crippen molar-refractivity contribution in [1.29, 1.82) is 0 Å². The summed E-state index contributed by atoms with van der Waals surface area (Å²) in [5, 5.41) is 14.5. The van der Waals surface area contributed by atoms with Crippen molar-refractivity contribution >= 4 is 11.3 Å².